The van der Waals surface area contributed by atoms with E-state index in [1.165, 1.54) is 0 Å². The Hall–Kier alpha value is -3.70. The molecule has 2 N–H and O–H groups in total. The highest BCUT2D eigenvalue weighted by Crippen LogP contribution is 2.44. The lowest BCUT2D eigenvalue weighted by molar-refractivity contribution is -0.153. The number of ether oxygens (including phenoxy) is 3. The number of hydrogen-bond acceptors (Lipinski definition) is 8. The highest BCUT2D eigenvalue weighted by molar-refractivity contribution is 5.91. The minimum atomic E-state index is -0.707. The molecule has 2 aliphatic heterocycles. The molecule has 6 rings (SSSR count). The Balaban J connectivity index is 1.26. The number of nitrogens with one attached hydrogen (secondary N) is 2. The van der Waals surface area contributed by atoms with Gasteiger partial charge < -0.3 is 19.5 Å². The summed E-state index contributed by atoms with van der Waals surface area (Å²) >= 11 is 0. The summed E-state index contributed by atoms with van der Waals surface area (Å²) in [7, 11) is 0. The van der Waals surface area contributed by atoms with Crippen molar-refractivity contribution < 1.29 is 19.0 Å². The van der Waals surface area contributed by atoms with Gasteiger partial charge in [-0.15, -0.1) is 0 Å². The van der Waals surface area contributed by atoms with Crippen molar-refractivity contribution in [1.29, 1.82) is 0 Å². The topological polar surface area (TPSA) is 112 Å². The number of imidazole rings is 1. The number of carbonyl (C=O) groups is 1. The first kappa shape index (κ1) is 25.6. The Morgan fingerprint density at radius 2 is 1.87 bits per heavy atom. The SMILES string of the molecule is CC(C)C(=O)Nc1n[c]c2ncn([C@@H]3O[C@@]4(COCc5ccccc5)CN[C@@H]3[C@@H]4OCc3ccccc3)c2n1. The van der Waals surface area contributed by atoms with E-state index in [0.29, 0.717) is 37.5 Å². The molecule has 4 heterocycles. The van der Waals surface area contributed by atoms with Gasteiger partial charge in [0.2, 0.25) is 11.9 Å². The monoisotopic (exact) mass is 527 g/mol. The average Bonchev–Trinajstić information content (AvgIpc) is 3.62. The van der Waals surface area contributed by atoms with Crippen molar-refractivity contribution in [3.63, 3.8) is 0 Å². The van der Waals surface area contributed by atoms with Crippen molar-refractivity contribution in [3.05, 3.63) is 84.3 Å². The van der Waals surface area contributed by atoms with E-state index < -0.39 is 11.8 Å². The van der Waals surface area contributed by atoms with Crippen molar-refractivity contribution in [3.8, 4) is 0 Å². The fourth-order valence-electron chi connectivity index (χ4n) is 5.10. The molecule has 0 saturated carbocycles. The molecular formula is C29H31N6O4. The number of morpholine rings is 1. The molecule has 2 aromatic carbocycles. The maximum Gasteiger partial charge on any atom is 0.232 e. The van der Waals surface area contributed by atoms with Crippen LogP contribution in [0.2, 0.25) is 0 Å². The number of anilines is 1. The maximum atomic E-state index is 12.2. The Morgan fingerprint density at radius 3 is 2.59 bits per heavy atom. The number of hydrogen-bond donors (Lipinski definition) is 2. The molecule has 0 unspecified atom stereocenters. The summed E-state index contributed by atoms with van der Waals surface area (Å²) in [4.78, 5) is 25.4. The van der Waals surface area contributed by atoms with Crippen molar-refractivity contribution in [2.45, 2.75) is 51.0 Å². The van der Waals surface area contributed by atoms with E-state index in [-0.39, 0.29) is 29.9 Å². The van der Waals surface area contributed by atoms with Gasteiger partial charge in [0.15, 0.2) is 11.9 Å². The molecule has 1 radical (unpaired) electrons. The molecule has 4 aromatic rings. The molecule has 4 atom stereocenters. The van der Waals surface area contributed by atoms with Crippen LogP contribution in [-0.4, -0.2) is 56.3 Å². The van der Waals surface area contributed by atoms with Gasteiger partial charge in [-0.2, -0.15) is 4.98 Å². The first-order chi connectivity index (χ1) is 19.0. The molecule has 39 heavy (non-hydrogen) atoms. The van der Waals surface area contributed by atoms with Crippen LogP contribution in [0.4, 0.5) is 5.95 Å². The first-order valence-electron chi connectivity index (χ1n) is 13.1. The Labute approximate surface area is 226 Å². The van der Waals surface area contributed by atoms with E-state index in [4.69, 9.17) is 14.2 Å². The minimum Gasteiger partial charge on any atom is -0.374 e. The average molecular weight is 528 g/mol. The lowest BCUT2D eigenvalue weighted by Crippen LogP contribution is -2.47. The molecular weight excluding hydrogens is 496 g/mol. The molecule has 2 saturated heterocycles. The van der Waals surface area contributed by atoms with Gasteiger partial charge >= 0.3 is 0 Å². The third-order valence-corrected chi connectivity index (χ3v) is 7.16. The van der Waals surface area contributed by atoms with Crippen LogP contribution in [-0.2, 0) is 32.2 Å². The second-order valence-electron chi connectivity index (χ2n) is 10.3. The number of carbonyl (C=O) groups excluding carboxylic acids is 1. The first-order valence-corrected chi connectivity index (χ1v) is 13.1. The molecule has 1 amide bonds. The van der Waals surface area contributed by atoms with Crippen LogP contribution in [0.25, 0.3) is 11.2 Å². The molecule has 2 fully saturated rings. The summed E-state index contributed by atoms with van der Waals surface area (Å²) in [5.74, 6) is -0.196. The number of fused-ring (bicyclic) bond motifs is 3. The van der Waals surface area contributed by atoms with Crippen molar-refractivity contribution in [2.24, 2.45) is 5.92 Å². The van der Waals surface area contributed by atoms with Crippen LogP contribution in [0.1, 0.15) is 31.2 Å². The zero-order valence-electron chi connectivity index (χ0n) is 21.9. The molecule has 0 spiro atoms. The molecule has 2 aliphatic rings. The zero-order valence-corrected chi connectivity index (χ0v) is 21.9. The van der Waals surface area contributed by atoms with E-state index in [1.807, 2.05) is 79.1 Å². The summed E-state index contributed by atoms with van der Waals surface area (Å²) in [5, 5.41) is 6.33. The van der Waals surface area contributed by atoms with Crippen molar-refractivity contribution in [1.82, 2.24) is 24.8 Å². The number of rotatable bonds is 10. The second kappa shape index (κ2) is 10.8. The minimum absolute atomic E-state index is 0.171. The fourth-order valence-corrected chi connectivity index (χ4v) is 5.10. The molecule has 10 heteroatoms. The zero-order chi connectivity index (χ0) is 26.8. The summed E-state index contributed by atoms with van der Waals surface area (Å²) in [6, 6.07) is 20.0. The van der Waals surface area contributed by atoms with E-state index in [2.05, 4.69) is 31.8 Å². The van der Waals surface area contributed by atoms with Crippen LogP contribution >= 0.6 is 0 Å². The van der Waals surface area contributed by atoms with Crippen LogP contribution in [0.5, 0.6) is 0 Å². The lowest BCUT2D eigenvalue weighted by atomic mass is 10.00. The van der Waals surface area contributed by atoms with Gasteiger partial charge in [-0.1, -0.05) is 74.5 Å². The normalized spacial score (nSPS) is 24.0. The molecule has 2 aromatic heterocycles. The van der Waals surface area contributed by atoms with Gasteiger partial charge in [0, 0.05) is 12.5 Å². The highest BCUT2D eigenvalue weighted by atomic mass is 16.6. The Kier molecular flexibility index (Phi) is 7.09. The number of benzene rings is 2. The summed E-state index contributed by atoms with van der Waals surface area (Å²) in [6.45, 7) is 5.49. The third kappa shape index (κ3) is 5.16. The fraction of sp³-hybridized carbons (Fsp3) is 0.379. The van der Waals surface area contributed by atoms with E-state index in [9.17, 15) is 4.79 Å². The van der Waals surface area contributed by atoms with Gasteiger partial charge in [-0.25, -0.2) is 9.97 Å². The smallest absolute Gasteiger partial charge is 0.232 e. The van der Waals surface area contributed by atoms with E-state index in [0.717, 1.165) is 11.1 Å². The van der Waals surface area contributed by atoms with Crippen molar-refractivity contribution in [2.75, 3.05) is 18.5 Å². The van der Waals surface area contributed by atoms with Gasteiger partial charge in [0.25, 0.3) is 0 Å². The lowest BCUT2D eigenvalue weighted by Gasteiger charge is -2.32. The number of nitrogens with zero attached hydrogens (tertiary/aromatic N) is 4. The Morgan fingerprint density at radius 1 is 1.15 bits per heavy atom. The van der Waals surface area contributed by atoms with Crippen LogP contribution < -0.4 is 10.6 Å². The van der Waals surface area contributed by atoms with Gasteiger partial charge in [0.05, 0.1) is 32.2 Å². The molecule has 201 valence electrons. The van der Waals surface area contributed by atoms with Crippen LogP contribution in [0.15, 0.2) is 67.0 Å². The van der Waals surface area contributed by atoms with Crippen LogP contribution in [0.3, 0.4) is 0 Å². The van der Waals surface area contributed by atoms with Crippen molar-refractivity contribution >= 4 is 23.0 Å². The predicted molar refractivity (Wildman–Crippen MR) is 143 cm³/mol. The van der Waals surface area contributed by atoms with Gasteiger partial charge in [-0.3, -0.25) is 14.7 Å². The predicted octanol–water partition coefficient (Wildman–Crippen LogP) is 3.26. The summed E-state index contributed by atoms with van der Waals surface area (Å²) in [5.41, 5.74) is 2.48. The largest absolute Gasteiger partial charge is 0.374 e. The van der Waals surface area contributed by atoms with Gasteiger partial charge in [-0.05, 0) is 11.1 Å². The molecule has 0 aliphatic carbocycles. The highest BCUT2D eigenvalue weighted by Gasteiger charge is 2.62. The van der Waals surface area contributed by atoms with Gasteiger partial charge in [0.1, 0.15) is 23.4 Å². The standard InChI is InChI=1S/C29H31N6O4/c1-19(2)26(36)34-28-30-13-22-25(33-28)35(18-32-22)27-23-24(38-15-21-11-7-4-8-12-21)29(39-27,16-31-23)17-37-14-20-9-5-3-6-10-20/h3-12,18-19,23-24,27,31H,14-17H2,1-2H3,(H,30,33,34,36)/t23-,24+,27-,29-/m1/s1. The summed E-state index contributed by atoms with van der Waals surface area (Å²) in [6.07, 6.45) is 3.82. The van der Waals surface area contributed by atoms with E-state index in [1.54, 1.807) is 6.33 Å². The maximum absolute atomic E-state index is 12.2. The molecule has 10 nitrogen and oxygen atoms in total. The van der Waals surface area contributed by atoms with Crippen LogP contribution in [0, 0.1) is 12.1 Å². The number of amides is 1. The van der Waals surface area contributed by atoms with E-state index >= 15 is 0 Å². The summed E-state index contributed by atoms with van der Waals surface area (Å²) < 4.78 is 21.3. The molecule has 2 bridgehead atoms. The third-order valence-electron chi connectivity index (χ3n) is 7.16. The number of aromatic nitrogens is 4. The Bertz CT molecular complexity index is 1430. The second-order valence-corrected chi connectivity index (χ2v) is 10.3. The quantitative estimate of drug-likeness (QED) is 0.323.